The molecule has 1 N–H and O–H groups in total. The van der Waals surface area contributed by atoms with E-state index in [-0.39, 0.29) is 17.9 Å². The first-order valence-corrected chi connectivity index (χ1v) is 5.75. The minimum absolute atomic E-state index is 0.0816. The van der Waals surface area contributed by atoms with Crippen LogP contribution in [0.1, 0.15) is 19.8 Å². The fraction of sp³-hybridized carbons (Fsp3) is 0.818. The van der Waals surface area contributed by atoms with Gasteiger partial charge < -0.3 is 10.2 Å². The molecular formula is C11H19N3O2. The van der Waals surface area contributed by atoms with E-state index >= 15 is 0 Å². The van der Waals surface area contributed by atoms with Crippen LogP contribution in [0.5, 0.6) is 0 Å². The summed E-state index contributed by atoms with van der Waals surface area (Å²) in [5, 5.41) is 3.30. The molecule has 0 aromatic heterocycles. The number of nitrogens with one attached hydrogen (secondary N) is 1. The van der Waals surface area contributed by atoms with Gasteiger partial charge in [-0.3, -0.25) is 14.5 Å². The first kappa shape index (κ1) is 11.5. The number of imide groups is 1. The summed E-state index contributed by atoms with van der Waals surface area (Å²) >= 11 is 0. The topological polar surface area (TPSA) is 52.7 Å². The number of likely N-dealkylation sites (tertiary alicyclic amines) is 2. The molecule has 0 spiro atoms. The number of amides is 2. The van der Waals surface area contributed by atoms with Crippen LogP contribution in [0.25, 0.3) is 0 Å². The molecule has 0 saturated carbocycles. The lowest BCUT2D eigenvalue weighted by molar-refractivity contribution is -0.137. The Morgan fingerprint density at radius 1 is 1.31 bits per heavy atom. The Hall–Kier alpha value is -0.940. The first-order valence-electron chi connectivity index (χ1n) is 5.75. The Balaban J connectivity index is 1.92. The van der Waals surface area contributed by atoms with Gasteiger partial charge in [-0.1, -0.05) is 0 Å². The summed E-state index contributed by atoms with van der Waals surface area (Å²) in [6.07, 6.45) is 1.35. The highest BCUT2D eigenvalue weighted by Gasteiger charge is 2.38. The molecule has 5 nitrogen and oxygen atoms in total. The summed E-state index contributed by atoms with van der Waals surface area (Å²) in [6, 6.07) is 0.567. The van der Waals surface area contributed by atoms with E-state index in [1.54, 1.807) is 7.05 Å². The molecule has 2 saturated heterocycles. The molecule has 3 atom stereocenters. The number of rotatable bonds is 2. The predicted molar refractivity (Wildman–Crippen MR) is 59.8 cm³/mol. The molecule has 0 aromatic carbocycles. The van der Waals surface area contributed by atoms with Crippen LogP contribution in [0.3, 0.4) is 0 Å². The predicted octanol–water partition coefficient (Wildman–Crippen LogP) is -0.574. The van der Waals surface area contributed by atoms with E-state index in [2.05, 4.69) is 24.2 Å². The maximum atomic E-state index is 11.7. The third kappa shape index (κ3) is 1.97. The zero-order valence-electron chi connectivity index (χ0n) is 10.1. The van der Waals surface area contributed by atoms with Gasteiger partial charge in [-0.25, -0.2) is 0 Å². The van der Waals surface area contributed by atoms with Gasteiger partial charge in [-0.15, -0.1) is 0 Å². The van der Waals surface area contributed by atoms with Crippen LogP contribution in [-0.2, 0) is 9.59 Å². The molecular weight excluding hydrogens is 206 g/mol. The molecule has 3 unspecified atom stereocenters. The first-order chi connectivity index (χ1) is 7.49. The lowest BCUT2D eigenvalue weighted by Crippen LogP contribution is -2.44. The van der Waals surface area contributed by atoms with E-state index in [0.29, 0.717) is 18.5 Å². The summed E-state index contributed by atoms with van der Waals surface area (Å²) in [5.74, 6) is -0.172. The van der Waals surface area contributed by atoms with Crippen LogP contribution >= 0.6 is 0 Å². The number of hydrogen-bond donors (Lipinski definition) is 1. The van der Waals surface area contributed by atoms with Gasteiger partial charge >= 0.3 is 0 Å². The summed E-state index contributed by atoms with van der Waals surface area (Å²) < 4.78 is 0. The van der Waals surface area contributed by atoms with Gasteiger partial charge in [0.2, 0.25) is 11.8 Å². The maximum absolute atomic E-state index is 11.7. The van der Waals surface area contributed by atoms with Crippen molar-refractivity contribution in [1.29, 1.82) is 0 Å². The molecule has 0 radical (unpaired) electrons. The highest BCUT2D eigenvalue weighted by Crippen LogP contribution is 2.18. The van der Waals surface area contributed by atoms with Crippen molar-refractivity contribution in [3.05, 3.63) is 0 Å². The molecule has 2 amide bonds. The van der Waals surface area contributed by atoms with Crippen LogP contribution in [0.4, 0.5) is 0 Å². The van der Waals surface area contributed by atoms with Crippen LogP contribution in [-0.4, -0.2) is 60.4 Å². The van der Waals surface area contributed by atoms with Crippen LogP contribution in [0.15, 0.2) is 0 Å². The van der Waals surface area contributed by atoms with Crippen molar-refractivity contribution >= 4 is 11.8 Å². The van der Waals surface area contributed by atoms with E-state index in [9.17, 15) is 9.59 Å². The minimum atomic E-state index is -0.304. The molecule has 2 heterocycles. The monoisotopic (exact) mass is 225 g/mol. The van der Waals surface area contributed by atoms with Gasteiger partial charge in [0.1, 0.15) is 0 Å². The summed E-state index contributed by atoms with van der Waals surface area (Å²) in [6.45, 7) is 3.12. The Morgan fingerprint density at radius 2 is 2.00 bits per heavy atom. The third-order valence-corrected chi connectivity index (χ3v) is 3.70. The van der Waals surface area contributed by atoms with E-state index in [1.807, 2.05) is 0 Å². The Kier molecular flexibility index (Phi) is 2.99. The van der Waals surface area contributed by atoms with E-state index in [4.69, 9.17) is 0 Å². The fourth-order valence-electron chi connectivity index (χ4n) is 2.48. The molecule has 0 aromatic rings. The van der Waals surface area contributed by atoms with Gasteiger partial charge in [-0.05, 0) is 20.4 Å². The highest BCUT2D eigenvalue weighted by molar-refractivity contribution is 6.05. The normalized spacial score (nSPS) is 36.4. The third-order valence-electron chi connectivity index (χ3n) is 3.70. The fourth-order valence-corrected chi connectivity index (χ4v) is 2.48. The number of carbonyl (C=O) groups is 2. The molecule has 5 heteroatoms. The van der Waals surface area contributed by atoms with Gasteiger partial charge in [0.15, 0.2) is 0 Å². The van der Waals surface area contributed by atoms with Gasteiger partial charge in [0.25, 0.3) is 0 Å². The molecule has 0 aliphatic carbocycles. The summed E-state index contributed by atoms with van der Waals surface area (Å²) in [7, 11) is 3.63. The molecule has 0 bridgehead atoms. The minimum Gasteiger partial charge on any atom is -0.302 e. The van der Waals surface area contributed by atoms with E-state index in [1.165, 1.54) is 4.90 Å². The van der Waals surface area contributed by atoms with Crippen molar-refractivity contribution in [3.8, 4) is 0 Å². The second kappa shape index (κ2) is 4.14. The number of hydrogen-bond acceptors (Lipinski definition) is 4. The van der Waals surface area contributed by atoms with Crippen molar-refractivity contribution in [1.82, 2.24) is 15.1 Å². The van der Waals surface area contributed by atoms with Crippen LogP contribution in [0, 0.1) is 0 Å². The zero-order chi connectivity index (χ0) is 11.9. The molecule has 2 fully saturated rings. The molecule has 2 rings (SSSR count). The van der Waals surface area contributed by atoms with Crippen molar-refractivity contribution in [3.63, 3.8) is 0 Å². The lowest BCUT2D eigenvalue weighted by atomic mass is 10.1. The second-order valence-electron chi connectivity index (χ2n) is 4.94. The largest absolute Gasteiger partial charge is 0.302 e. The van der Waals surface area contributed by atoms with Crippen molar-refractivity contribution in [2.75, 3.05) is 20.6 Å². The van der Waals surface area contributed by atoms with Gasteiger partial charge in [0, 0.05) is 25.7 Å². The van der Waals surface area contributed by atoms with Crippen LogP contribution < -0.4 is 5.32 Å². The van der Waals surface area contributed by atoms with Gasteiger partial charge in [-0.2, -0.15) is 0 Å². The van der Waals surface area contributed by atoms with Crippen molar-refractivity contribution < 1.29 is 9.59 Å². The SMILES string of the molecule is CC1CC(NC2CC(=O)N(C)C2=O)CN1C. The zero-order valence-corrected chi connectivity index (χ0v) is 10.1. The lowest BCUT2D eigenvalue weighted by Gasteiger charge is -2.16. The highest BCUT2D eigenvalue weighted by atomic mass is 16.2. The van der Waals surface area contributed by atoms with E-state index < -0.39 is 0 Å². The quantitative estimate of drug-likeness (QED) is 0.639. The van der Waals surface area contributed by atoms with Crippen LogP contribution in [0.2, 0.25) is 0 Å². The van der Waals surface area contributed by atoms with Crippen molar-refractivity contribution in [2.24, 2.45) is 0 Å². The van der Waals surface area contributed by atoms with Gasteiger partial charge in [0.05, 0.1) is 12.5 Å². The summed E-state index contributed by atoms with van der Waals surface area (Å²) in [5.41, 5.74) is 0. The molecule has 16 heavy (non-hydrogen) atoms. The van der Waals surface area contributed by atoms with E-state index in [0.717, 1.165) is 13.0 Å². The average Bonchev–Trinajstić information content (AvgIpc) is 2.64. The average molecular weight is 225 g/mol. The maximum Gasteiger partial charge on any atom is 0.246 e. The molecule has 90 valence electrons. The second-order valence-corrected chi connectivity index (χ2v) is 4.94. The Bertz CT molecular complexity index is 308. The smallest absolute Gasteiger partial charge is 0.246 e. The molecule has 2 aliphatic rings. The number of nitrogens with zero attached hydrogens (tertiary/aromatic N) is 2. The number of likely N-dealkylation sites (N-methyl/N-ethyl adjacent to an activating group) is 2. The Labute approximate surface area is 95.8 Å². The van der Waals surface area contributed by atoms with Crippen molar-refractivity contribution in [2.45, 2.75) is 37.9 Å². The standard InChI is InChI=1S/C11H19N3O2/c1-7-4-8(6-13(7)2)12-9-5-10(15)14(3)11(9)16/h7-9,12H,4-6H2,1-3H3. The summed E-state index contributed by atoms with van der Waals surface area (Å²) in [4.78, 5) is 26.5. The number of carbonyl (C=O) groups excluding carboxylic acids is 2. The Morgan fingerprint density at radius 3 is 2.44 bits per heavy atom. The molecule has 2 aliphatic heterocycles.